The van der Waals surface area contributed by atoms with Crippen LogP contribution in [0.3, 0.4) is 0 Å². The summed E-state index contributed by atoms with van der Waals surface area (Å²) in [5, 5.41) is 15.7. The van der Waals surface area contributed by atoms with E-state index in [0.29, 0.717) is 0 Å². The van der Waals surface area contributed by atoms with E-state index in [1.807, 2.05) is 13.8 Å². The van der Waals surface area contributed by atoms with Crippen LogP contribution in [-0.2, 0) is 0 Å². The third-order valence-electron chi connectivity index (χ3n) is 13.2. The Morgan fingerprint density at radius 1 is 0.257 bits per heavy atom. The summed E-state index contributed by atoms with van der Waals surface area (Å²) in [4.78, 5) is 2.35. The van der Waals surface area contributed by atoms with Gasteiger partial charge in [-0.25, -0.2) is 0 Å². The number of para-hydroxylation sites is 2. The van der Waals surface area contributed by atoms with Gasteiger partial charge < -0.3 is 4.90 Å². The lowest BCUT2D eigenvalue weighted by atomic mass is 9.90. The summed E-state index contributed by atoms with van der Waals surface area (Å²) in [7, 11) is 0. The van der Waals surface area contributed by atoms with Crippen LogP contribution < -0.4 is 4.90 Å². The third-order valence-corrected chi connectivity index (χ3v) is 13.2. The van der Waals surface area contributed by atoms with Crippen LogP contribution in [-0.4, -0.2) is 0 Å². The molecule has 0 fully saturated rings. The van der Waals surface area contributed by atoms with Crippen molar-refractivity contribution in [2.24, 2.45) is 0 Å². The summed E-state index contributed by atoms with van der Waals surface area (Å²) < 4.78 is 0. The number of hydrogen-bond acceptors (Lipinski definition) is 1. The van der Waals surface area contributed by atoms with Gasteiger partial charge >= 0.3 is 0 Å². The summed E-state index contributed by atoms with van der Waals surface area (Å²) in [5.41, 5.74) is 12.3. The summed E-state index contributed by atoms with van der Waals surface area (Å²) in [5.74, 6) is 0. The maximum Gasteiger partial charge on any atom is 0.0540 e. The van der Waals surface area contributed by atoms with Gasteiger partial charge in [0.25, 0.3) is 0 Å². The van der Waals surface area contributed by atoms with E-state index in [-0.39, 0.29) is 0 Å². The van der Waals surface area contributed by atoms with E-state index in [1.165, 1.54) is 104 Å². The molecule has 0 aliphatic rings. The first-order chi connectivity index (χ1) is 34.4. The van der Waals surface area contributed by atoms with Gasteiger partial charge in [-0.3, -0.25) is 0 Å². The number of aryl methyl sites for hydroxylation is 3. The molecule has 0 bridgehead atoms. The molecule has 0 radical (unpaired) electrons. The average Bonchev–Trinajstić information content (AvgIpc) is 3.41. The number of benzene rings is 13. The predicted octanol–water partition coefficient (Wildman–Crippen LogP) is 20.2. The Kier molecular flexibility index (Phi) is 13.2. The number of hydrogen-bond donors (Lipinski definition) is 0. The van der Waals surface area contributed by atoms with Crippen LogP contribution in [0, 0.1) is 20.8 Å². The molecular formula is C69H57N. The van der Waals surface area contributed by atoms with Gasteiger partial charge in [0, 0.05) is 16.8 Å². The zero-order valence-corrected chi connectivity index (χ0v) is 40.7. The second-order valence-corrected chi connectivity index (χ2v) is 18.0. The maximum absolute atomic E-state index is 2.35. The van der Waals surface area contributed by atoms with Crippen molar-refractivity contribution in [2.75, 3.05) is 4.90 Å². The van der Waals surface area contributed by atoms with E-state index in [0.717, 1.165) is 17.1 Å². The van der Waals surface area contributed by atoms with Gasteiger partial charge in [0.2, 0.25) is 0 Å². The van der Waals surface area contributed by atoms with Crippen molar-refractivity contribution >= 4 is 81.7 Å². The second kappa shape index (κ2) is 20.4. The molecule has 13 rings (SSSR count). The summed E-state index contributed by atoms with van der Waals surface area (Å²) in [6.45, 7) is 10.4. The Labute approximate surface area is 412 Å². The first kappa shape index (κ1) is 45.3. The minimum atomic E-state index is 1.14. The van der Waals surface area contributed by atoms with Crippen LogP contribution in [0.5, 0.6) is 0 Å². The lowest BCUT2D eigenvalue weighted by molar-refractivity contribution is 1.30. The largest absolute Gasteiger partial charge is 0.310 e. The first-order valence-corrected chi connectivity index (χ1v) is 24.6. The predicted molar refractivity (Wildman–Crippen MR) is 307 cm³/mol. The van der Waals surface area contributed by atoms with Gasteiger partial charge in [-0.05, 0) is 150 Å². The van der Waals surface area contributed by atoms with E-state index in [2.05, 4.69) is 280 Å². The second-order valence-electron chi connectivity index (χ2n) is 18.0. The lowest BCUT2D eigenvalue weighted by Gasteiger charge is -2.27. The van der Waals surface area contributed by atoms with Crippen LogP contribution in [0.15, 0.2) is 255 Å². The van der Waals surface area contributed by atoms with Crippen LogP contribution in [0.2, 0.25) is 0 Å². The standard InChI is InChI=1S/C45H31N.2C11H10.C2H6/c1-30-26-33-20-22-35-28-37(29-36-23-21-34(27-30)44(33)45(35)36)31-16-18-32(19-17-31)40-24-25-43(42-15-9-8-14-41(40)42)46(38-10-4-2-5-11-38)39-12-6-3-7-13-39;2*1-9-6-7-10-4-2-3-5-11(10)8-9;1-2/h2-29H,1H3;2*2-8H,1H3;1-2H3. The van der Waals surface area contributed by atoms with Crippen molar-refractivity contribution in [3.63, 3.8) is 0 Å². The normalized spacial score (nSPS) is 10.9. The minimum Gasteiger partial charge on any atom is -0.310 e. The topological polar surface area (TPSA) is 3.24 Å². The number of anilines is 3. The van der Waals surface area contributed by atoms with Crippen LogP contribution >= 0.6 is 0 Å². The van der Waals surface area contributed by atoms with E-state index >= 15 is 0 Å². The third kappa shape index (κ3) is 9.35. The van der Waals surface area contributed by atoms with Crippen molar-refractivity contribution in [1.29, 1.82) is 0 Å². The lowest BCUT2D eigenvalue weighted by Crippen LogP contribution is -2.10. The molecule has 13 aromatic carbocycles. The molecule has 13 aromatic rings. The molecule has 0 aromatic heterocycles. The molecule has 0 heterocycles. The number of nitrogens with zero attached hydrogens (tertiary/aromatic N) is 1. The Morgan fingerprint density at radius 2 is 0.643 bits per heavy atom. The summed E-state index contributed by atoms with van der Waals surface area (Å²) in [6.07, 6.45) is 0. The molecule has 0 saturated heterocycles. The van der Waals surface area contributed by atoms with Crippen molar-refractivity contribution < 1.29 is 0 Å². The first-order valence-electron chi connectivity index (χ1n) is 24.6. The van der Waals surface area contributed by atoms with Gasteiger partial charge in [0.1, 0.15) is 0 Å². The molecule has 0 unspecified atom stereocenters. The Hall–Kier alpha value is -8.52. The fourth-order valence-corrected chi connectivity index (χ4v) is 9.93. The highest BCUT2D eigenvalue weighted by Gasteiger charge is 2.17. The molecule has 0 aliphatic carbocycles. The van der Waals surface area contributed by atoms with Crippen molar-refractivity contribution in [1.82, 2.24) is 0 Å². The minimum absolute atomic E-state index is 1.14. The smallest absolute Gasteiger partial charge is 0.0540 e. The summed E-state index contributed by atoms with van der Waals surface area (Å²) >= 11 is 0. The quantitative estimate of drug-likeness (QED) is 0.156. The van der Waals surface area contributed by atoms with E-state index in [9.17, 15) is 0 Å². The van der Waals surface area contributed by atoms with Crippen LogP contribution in [0.1, 0.15) is 30.5 Å². The Morgan fingerprint density at radius 3 is 1.14 bits per heavy atom. The highest BCUT2D eigenvalue weighted by atomic mass is 15.1. The highest BCUT2D eigenvalue weighted by Crippen LogP contribution is 2.43. The fourth-order valence-electron chi connectivity index (χ4n) is 9.93. The van der Waals surface area contributed by atoms with E-state index < -0.39 is 0 Å². The SMILES string of the molecule is CC.Cc1cc2ccc3cc(-c4ccc(-c5ccc(N(c6ccccc6)c6ccccc6)c6ccccc56)cc4)cc4ccc(c1)c2c34.Cc1ccc2ccccc2c1.Cc1ccc2ccccc2c1. The van der Waals surface area contributed by atoms with Crippen LogP contribution in [0.25, 0.3) is 86.9 Å². The molecule has 338 valence electrons. The van der Waals surface area contributed by atoms with Crippen molar-refractivity contribution in [3.05, 3.63) is 271 Å². The van der Waals surface area contributed by atoms with Crippen molar-refractivity contribution in [3.8, 4) is 22.3 Å². The average molecular weight is 900 g/mol. The molecular weight excluding hydrogens is 843 g/mol. The van der Waals surface area contributed by atoms with E-state index in [1.54, 1.807) is 0 Å². The molecule has 0 aliphatic heterocycles. The Bertz CT molecular complexity index is 3690. The molecule has 0 saturated carbocycles. The summed E-state index contributed by atoms with van der Waals surface area (Å²) in [6, 6.07) is 91.9. The van der Waals surface area contributed by atoms with Gasteiger partial charge in [0.05, 0.1) is 5.69 Å². The zero-order chi connectivity index (χ0) is 48.0. The van der Waals surface area contributed by atoms with Gasteiger partial charge in [-0.15, -0.1) is 0 Å². The monoisotopic (exact) mass is 899 g/mol. The zero-order valence-electron chi connectivity index (χ0n) is 40.7. The number of fused-ring (bicyclic) bond motifs is 3. The molecule has 0 spiro atoms. The van der Waals surface area contributed by atoms with Crippen LogP contribution in [0.4, 0.5) is 17.1 Å². The molecule has 70 heavy (non-hydrogen) atoms. The highest BCUT2D eigenvalue weighted by molar-refractivity contribution is 6.24. The number of rotatable bonds is 5. The van der Waals surface area contributed by atoms with Gasteiger partial charge in [-0.1, -0.05) is 237 Å². The molecule has 0 amide bonds. The molecule has 1 heteroatoms. The Balaban J connectivity index is 0.000000192. The maximum atomic E-state index is 2.35. The van der Waals surface area contributed by atoms with E-state index in [4.69, 9.17) is 0 Å². The molecule has 0 atom stereocenters. The molecule has 0 N–H and O–H groups in total. The molecule has 1 nitrogen and oxygen atoms in total. The fraction of sp³-hybridized carbons (Fsp3) is 0.0725. The van der Waals surface area contributed by atoms with Crippen molar-refractivity contribution in [2.45, 2.75) is 34.6 Å². The van der Waals surface area contributed by atoms with Gasteiger partial charge in [0.15, 0.2) is 0 Å². The van der Waals surface area contributed by atoms with Gasteiger partial charge in [-0.2, -0.15) is 0 Å².